The molecule has 2 rings (SSSR count). The van der Waals surface area contributed by atoms with Crippen molar-refractivity contribution in [3.63, 3.8) is 0 Å². The molecule has 1 aliphatic carbocycles. The maximum absolute atomic E-state index is 5.55. The van der Waals surface area contributed by atoms with Crippen molar-refractivity contribution in [3.8, 4) is 0 Å². The van der Waals surface area contributed by atoms with Crippen LogP contribution in [0, 0.1) is 11.8 Å². The molecule has 2 atom stereocenters. The molecule has 1 aromatic heterocycles. The Balaban J connectivity index is 1.42. The summed E-state index contributed by atoms with van der Waals surface area (Å²) in [7, 11) is 0. The van der Waals surface area contributed by atoms with Gasteiger partial charge in [0.15, 0.2) is 0 Å². The van der Waals surface area contributed by atoms with Gasteiger partial charge in [-0.25, -0.2) is 0 Å². The van der Waals surface area contributed by atoms with Gasteiger partial charge in [0.1, 0.15) is 12.4 Å². The summed E-state index contributed by atoms with van der Waals surface area (Å²) in [6.45, 7) is 6.02. The third kappa shape index (κ3) is 5.79. The van der Waals surface area contributed by atoms with Gasteiger partial charge in [-0.2, -0.15) is 0 Å². The molecule has 1 saturated carbocycles. The molecule has 19 heavy (non-hydrogen) atoms. The van der Waals surface area contributed by atoms with Gasteiger partial charge in [-0.3, -0.25) is 0 Å². The number of hydrogen-bond acceptors (Lipinski definition) is 3. The van der Waals surface area contributed by atoms with Crippen LogP contribution in [0.25, 0.3) is 0 Å². The van der Waals surface area contributed by atoms with Crippen molar-refractivity contribution in [2.75, 3.05) is 19.7 Å². The Hall–Kier alpha value is -0.800. The molecule has 0 spiro atoms. The Morgan fingerprint density at radius 3 is 3.16 bits per heavy atom. The van der Waals surface area contributed by atoms with Gasteiger partial charge in [-0.1, -0.05) is 19.8 Å². The quantitative estimate of drug-likeness (QED) is 0.729. The fourth-order valence-electron chi connectivity index (χ4n) is 2.92. The summed E-state index contributed by atoms with van der Waals surface area (Å²) in [5.74, 6) is 2.73. The molecule has 0 aliphatic heterocycles. The van der Waals surface area contributed by atoms with Gasteiger partial charge in [0, 0.05) is 6.61 Å². The molecule has 0 bridgehead atoms. The Bertz CT molecular complexity index is 323. The van der Waals surface area contributed by atoms with Crippen molar-refractivity contribution in [2.45, 2.75) is 45.6 Å². The van der Waals surface area contributed by atoms with Crippen LogP contribution in [0.15, 0.2) is 22.8 Å². The van der Waals surface area contributed by atoms with Crippen molar-refractivity contribution in [1.29, 1.82) is 0 Å². The first-order valence-electron chi connectivity index (χ1n) is 7.65. The van der Waals surface area contributed by atoms with Crippen LogP contribution in [0.5, 0.6) is 0 Å². The molecule has 1 fully saturated rings. The third-order valence-corrected chi connectivity index (χ3v) is 3.94. The average molecular weight is 265 g/mol. The second-order valence-electron chi connectivity index (χ2n) is 5.83. The van der Waals surface area contributed by atoms with Crippen molar-refractivity contribution < 1.29 is 9.15 Å². The maximum Gasteiger partial charge on any atom is 0.129 e. The first-order valence-corrected chi connectivity index (χ1v) is 7.65. The minimum atomic E-state index is 0.590. The van der Waals surface area contributed by atoms with Crippen LogP contribution in [0.3, 0.4) is 0 Å². The molecule has 1 N–H and O–H groups in total. The summed E-state index contributed by atoms with van der Waals surface area (Å²) in [6, 6.07) is 3.84. The summed E-state index contributed by atoms with van der Waals surface area (Å²) in [6.07, 6.45) is 8.42. The SMILES string of the molecule is CC1CCCC(CNCCCOCc2ccco2)C1. The van der Waals surface area contributed by atoms with E-state index in [2.05, 4.69) is 12.2 Å². The lowest BCUT2D eigenvalue weighted by molar-refractivity contribution is 0.104. The Labute approximate surface area is 116 Å². The molecule has 0 saturated heterocycles. The lowest BCUT2D eigenvalue weighted by atomic mass is 9.82. The molecule has 1 aromatic rings. The molecule has 2 unspecified atom stereocenters. The summed E-state index contributed by atoms with van der Waals surface area (Å²) in [4.78, 5) is 0. The number of nitrogens with one attached hydrogen (secondary N) is 1. The van der Waals surface area contributed by atoms with Crippen LogP contribution in [0.2, 0.25) is 0 Å². The monoisotopic (exact) mass is 265 g/mol. The fraction of sp³-hybridized carbons (Fsp3) is 0.750. The highest BCUT2D eigenvalue weighted by atomic mass is 16.5. The molecular formula is C16H27NO2. The largest absolute Gasteiger partial charge is 0.467 e. The van der Waals surface area contributed by atoms with E-state index in [-0.39, 0.29) is 0 Å². The first kappa shape index (κ1) is 14.6. The molecule has 0 amide bonds. The predicted molar refractivity (Wildman–Crippen MR) is 77.0 cm³/mol. The molecule has 0 aromatic carbocycles. The number of rotatable bonds is 8. The third-order valence-electron chi connectivity index (χ3n) is 3.94. The van der Waals surface area contributed by atoms with Gasteiger partial charge in [0.25, 0.3) is 0 Å². The van der Waals surface area contributed by atoms with E-state index < -0.39 is 0 Å². The van der Waals surface area contributed by atoms with Gasteiger partial charge < -0.3 is 14.5 Å². The maximum atomic E-state index is 5.55. The van der Waals surface area contributed by atoms with Crippen LogP contribution >= 0.6 is 0 Å². The highest BCUT2D eigenvalue weighted by Crippen LogP contribution is 2.27. The van der Waals surface area contributed by atoms with Crippen LogP contribution < -0.4 is 5.32 Å². The number of hydrogen-bond donors (Lipinski definition) is 1. The van der Waals surface area contributed by atoms with Crippen molar-refractivity contribution in [1.82, 2.24) is 5.32 Å². The topological polar surface area (TPSA) is 34.4 Å². The van der Waals surface area contributed by atoms with Crippen LogP contribution in [-0.2, 0) is 11.3 Å². The zero-order valence-corrected chi connectivity index (χ0v) is 12.1. The number of furan rings is 1. The summed E-state index contributed by atoms with van der Waals surface area (Å²) in [5, 5.41) is 3.57. The summed E-state index contributed by atoms with van der Waals surface area (Å²) >= 11 is 0. The molecule has 1 heterocycles. The van der Waals surface area contributed by atoms with Gasteiger partial charge in [-0.05, 0) is 56.3 Å². The molecule has 1 aliphatic rings. The standard InChI is InChI=1S/C16H27NO2/c1-14-5-2-6-15(11-14)12-17-8-4-9-18-13-16-7-3-10-19-16/h3,7,10,14-15,17H,2,4-6,8-9,11-13H2,1H3. The predicted octanol–water partition coefficient (Wildman–Crippen LogP) is 3.60. The van der Waals surface area contributed by atoms with E-state index in [0.29, 0.717) is 6.61 Å². The van der Waals surface area contributed by atoms with Crippen molar-refractivity contribution in [3.05, 3.63) is 24.2 Å². The molecule has 108 valence electrons. The van der Waals surface area contributed by atoms with E-state index in [1.54, 1.807) is 6.26 Å². The Morgan fingerprint density at radius 2 is 2.37 bits per heavy atom. The highest BCUT2D eigenvalue weighted by Gasteiger charge is 2.17. The minimum Gasteiger partial charge on any atom is -0.467 e. The van der Waals surface area contributed by atoms with E-state index in [4.69, 9.17) is 9.15 Å². The fourth-order valence-corrected chi connectivity index (χ4v) is 2.92. The first-order chi connectivity index (χ1) is 9.34. The van der Waals surface area contributed by atoms with Gasteiger partial charge >= 0.3 is 0 Å². The average Bonchev–Trinajstić information content (AvgIpc) is 2.91. The van der Waals surface area contributed by atoms with Crippen LogP contribution in [-0.4, -0.2) is 19.7 Å². The van der Waals surface area contributed by atoms with E-state index in [1.165, 1.54) is 32.2 Å². The van der Waals surface area contributed by atoms with Crippen molar-refractivity contribution >= 4 is 0 Å². The van der Waals surface area contributed by atoms with E-state index in [9.17, 15) is 0 Å². The van der Waals surface area contributed by atoms with E-state index in [1.807, 2.05) is 12.1 Å². The van der Waals surface area contributed by atoms with Gasteiger partial charge in [0.05, 0.1) is 6.26 Å². The molecular weight excluding hydrogens is 238 g/mol. The molecule has 0 radical (unpaired) electrons. The Kier molecular flexibility index (Phi) is 6.45. The smallest absolute Gasteiger partial charge is 0.129 e. The highest BCUT2D eigenvalue weighted by molar-refractivity contribution is 4.95. The van der Waals surface area contributed by atoms with E-state index in [0.717, 1.165) is 37.2 Å². The number of ether oxygens (including phenoxy) is 1. The van der Waals surface area contributed by atoms with Crippen LogP contribution in [0.4, 0.5) is 0 Å². The lowest BCUT2D eigenvalue weighted by Crippen LogP contribution is -2.27. The normalized spacial score (nSPS) is 23.6. The second kappa shape index (κ2) is 8.39. The van der Waals surface area contributed by atoms with E-state index >= 15 is 0 Å². The van der Waals surface area contributed by atoms with Gasteiger partial charge in [-0.15, -0.1) is 0 Å². The van der Waals surface area contributed by atoms with Gasteiger partial charge in [0.2, 0.25) is 0 Å². The molecule has 3 nitrogen and oxygen atoms in total. The zero-order chi connectivity index (χ0) is 13.3. The summed E-state index contributed by atoms with van der Waals surface area (Å²) < 4.78 is 10.8. The summed E-state index contributed by atoms with van der Waals surface area (Å²) in [5.41, 5.74) is 0. The van der Waals surface area contributed by atoms with Crippen LogP contribution in [0.1, 0.15) is 44.8 Å². The Morgan fingerprint density at radius 1 is 1.42 bits per heavy atom. The minimum absolute atomic E-state index is 0.590. The lowest BCUT2D eigenvalue weighted by Gasteiger charge is -2.26. The second-order valence-corrected chi connectivity index (χ2v) is 5.83. The zero-order valence-electron chi connectivity index (χ0n) is 12.1. The molecule has 3 heteroatoms. The van der Waals surface area contributed by atoms with Crippen molar-refractivity contribution in [2.24, 2.45) is 11.8 Å².